The predicted octanol–water partition coefficient (Wildman–Crippen LogP) is 3.15. The first kappa shape index (κ1) is 20.8. The third-order valence-electron chi connectivity index (χ3n) is 5.26. The van der Waals surface area contributed by atoms with E-state index in [1.165, 1.54) is 0 Å². The number of fused-ring (bicyclic) bond motifs is 1. The Labute approximate surface area is 184 Å². The van der Waals surface area contributed by atoms with Crippen LogP contribution in [-0.2, 0) is 9.53 Å². The number of morpholine rings is 1. The molecule has 1 atom stereocenters. The highest BCUT2D eigenvalue weighted by Gasteiger charge is 2.32. The van der Waals surface area contributed by atoms with E-state index in [2.05, 4.69) is 26.1 Å². The van der Waals surface area contributed by atoms with Crippen molar-refractivity contribution in [3.05, 3.63) is 52.5 Å². The number of hydrogen-bond acceptors (Lipinski definition) is 5. The average molecular weight is 474 g/mol. The molecule has 8 heteroatoms. The van der Waals surface area contributed by atoms with Crippen molar-refractivity contribution in [2.75, 3.05) is 49.6 Å². The van der Waals surface area contributed by atoms with Crippen molar-refractivity contribution in [2.45, 2.75) is 13.0 Å². The molecule has 2 aromatic carbocycles. The van der Waals surface area contributed by atoms with Crippen LogP contribution in [-0.4, -0.2) is 62.2 Å². The fourth-order valence-corrected chi connectivity index (χ4v) is 4.02. The highest BCUT2D eigenvalue weighted by Crippen LogP contribution is 2.36. The fourth-order valence-electron chi connectivity index (χ4n) is 3.62. The molecule has 0 aliphatic carbocycles. The van der Waals surface area contributed by atoms with Crippen molar-refractivity contribution >= 4 is 39.1 Å². The molecule has 2 aliphatic heterocycles. The van der Waals surface area contributed by atoms with Crippen LogP contribution in [0, 0.1) is 0 Å². The van der Waals surface area contributed by atoms with Gasteiger partial charge in [0, 0.05) is 48.0 Å². The maximum Gasteiger partial charge on any atom is 0.267 e. The van der Waals surface area contributed by atoms with Crippen molar-refractivity contribution in [3.63, 3.8) is 0 Å². The topological polar surface area (TPSA) is 71.1 Å². The van der Waals surface area contributed by atoms with E-state index in [0.717, 1.165) is 43.0 Å². The molecule has 2 amide bonds. The second-order valence-corrected chi connectivity index (χ2v) is 8.27. The Morgan fingerprint density at radius 3 is 2.73 bits per heavy atom. The van der Waals surface area contributed by atoms with Gasteiger partial charge < -0.3 is 19.7 Å². The largest absolute Gasteiger partial charge is 0.479 e. The van der Waals surface area contributed by atoms with E-state index in [1.54, 1.807) is 36.1 Å². The minimum atomic E-state index is -0.571. The lowest BCUT2D eigenvalue weighted by Gasteiger charge is -2.35. The molecule has 0 saturated carbocycles. The summed E-state index contributed by atoms with van der Waals surface area (Å²) in [5.41, 5.74) is 1.90. The van der Waals surface area contributed by atoms with Gasteiger partial charge in [-0.1, -0.05) is 22.0 Å². The van der Waals surface area contributed by atoms with Gasteiger partial charge in [0.25, 0.3) is 11.8 Å². The Bertz CT molecular complexity index is 946. The summed E-state index contributed by atoms with van der Waals surface area (Å²) in [7, 11) is 0. The Hall–Kier alpha value is -2.42. The summed E-state index contributed by atoms with van der Waals surface area (Å²) >= 11 is 3.38. The molecule has 2 heterocycles. The number of carbonyl (C=O) groups is 2. The summed E-state index contributed by atoms with van der Waals surface area (Å²) in [6.07, 6.45) is -0.571. The standard InChI is InChI=1S/C22H24BrN3O4/c1-15-22(28)26(8-7-25-9-11-29-12-10-25)19-6-5-18(14-20(19)30-15)24-21(27)16-3-2-4-17(23)13-16/h2-6,13-15H,7-12H2,1H3,(H,24,27). The Kier molecular flexibility index (Phi) is 6.36. The first-order valence-electron chi connectivity index (χ1n) is 10.0. The quantitative estimate of drug-likeness (QED) is 0.721. The van der Waals surface area contributed by atoms with Crippen LogP contribution < -0.4 is 15.0 Å². The van der Waals surface area contributed by atoms with E-state index < -0.39 is 6.10 Å². The van der Waals surface area contributed by atoms with Gasteiger partial charge in [0.1, 0.15) is 5.75 Å². The molecule has 0 bridgehead atoms. The Morgan fingerprint density at radius 1 is 1.17 bits per heavy atom. The van der Waals surface area contributed by atoms with Crippen molar-refractivity contribution in [1.82, 2.24) is 4.90 Å². The van der Waals surface area contributed by atoms with E-state index >= 15 is 0 Å². The van der Waals surface area contributed by atoms with Gasteiger partial charge in [-0.3, -0.25) is 14.5 Å². The van der Waals surface area contributed by atoms with Gasteiger partial charge in [0.05, 0.1) is 18.9 Å². The molecule has 30 heavy (non-hydrogen) atoms. The molecular weight excluding hydrogens is 450 g/mol. The van der Waals surface area contributed by atoms with E-state index in [0.29, 0.717) is 23.5 Å². The van der Waals surface area contributed by atoms with Crippen LogP contribution in [0.15, 0.2) is 46.9 Å². The summed E-state index contributed by atoms with van der Waals surface area (Å²) in [5, 5.41) is 2.89. The lowest BCUT2D eigenvalue weighted by molar-refractivity contribution is -0.125. The number of anilines is 2. The number of amides is 2. The molecule has 2 aromatic rings. The van der Waals surface area contributed by atoms with Crippen LogP contribution in [0.5, 0.6) is 5.75 Å². The smallest absolute Gasteiger partial charge is 0.267 e. The van der Waals surface area contributed by atoms with E-state index in [9.17, 15) is 9.59 Å². The molecule has 0 spiro atoms. The zero-order valence-corrected chi connectivity index (χ0v) is 18.4. The Balaban J connectivity index is 1.49. The van der Waals surface area contributed by atoms with E-state index in [1.807, 2.05) is 18.2 Å². The van der Waals surface area contributed by atoms with Crippen molar-refractivity contribution in [3.8, 4) is 5.75 Å². The second kappa shape index (κ2) is 9.16. The van der Waals surface area contributed by atoms with E-state index in [4.69, 9.17) is 9.47 Å². The van der Waals surface area contributed by atoms with Crippen LogP contribution in [0.2, 0.25) is 0 Å². The summed E-state index contributed by atoms with van der Waals surface area (Å²) in [6, 6.07) is 12.6. The molecule has 1 N–H and O–H groups in total. The van der Waals surface area contributed by atoms with Crippen LogP contribution >= 0.6 is 15.9 Å². The highest BCUT2D eigenvalue weighted by molar-refractivity contribution is 9.10. The minimum absolute atomic E-state index is 0.0540. The second-order valence-electron chi connectivity index (χ2n) is 7.35. The van der Waals surface area contributed by atoms with Crippen molar-refractivity contribution in [2.24, 2.45) is 0 Å². The number of benzene rings is 2. The van der Waals surface area contributed by atoms with Gasteiger partial charge in [-0.15, -0.1) is 0 Å². The summed E-state index contributed by atoms with van der Waals surface area (Å²) in [4.78, 5) is 29.3. The lowest BCUT2D eigenvalue weighted by Crippen LogP contribution is -2.48. The third-order valence-corrected chi connectivity index (χ3v) is 5.75. The average Bonchev–Trinajstić information content (AvgIpc) is 2.75. The molecular formula is C22H24BrN3O4. The van der Waals surface area contributed by atoms with Gasteiger partial charge in [-0.05, 0) is 37.3 Å². The zero-order valence-electron chi connectivity index (χ0n) is 16.8. The van der Waals surface area contributed by atoms with E-state index in [-0.39, 0.29) is 11.8 Å². The molecule has 4 rings (SSSR count). The summed E-state index contributed by atoms with van der Waals surface area (Å²) < 4.78 is 12.1. The normalized spacial score (nSPS) is 19.2. The van der Waals surface area contributed by atoms with Crippen LogP contribution in [0.4, 0.5) is 11.4 Å². The van der Waals surface area contributed by atoms with Gasteiger partial charge >= 0.3 is 0 Å². The van der Waals surface area contributed by atoms with Crippen LogP contribution in [0.25, 0.3) is 0 Å². The maximum absolute atomic E-state index is 12.7. The molecule has 1 saturated heterocycles. The molecule has 2 aliphatic rings. The first-order chi connectivity index (χ1) is 14.5. The van der Waals surface area contributed by atoms with Gasteiger partial charge in [0.15, 0.2) is 6.10 Å². The monoisotopic (exact) mass is 473 g/mol. The zero-order chi connectivity index (χ0) is 21.1. The number of nitrogens with one attached hydrogen (secondary N) is 1. The number of halogens is 1. The number of carbonyl (C=O) groups excluding carboxylic acids is 2. The van der Waals surface area contributed by atoms with Crippen LogP contribution in [0.1, 0.15) is 17.3 Å². The van der Waals surface area contributed by atoms with Gasteiger partial charge in [-0.2, -0.15) is 0 Å². The molecule has 7 nitrogen and oxygen atoms in total. The molecule has 1 fully saturated rings. The minimum Gasteiger partial charge on any atom is -0.479 e. The molecule has 158 valence electrons. The number of hydrogen-bond donors (Lipinski definition) is 1. The van der Waals surface area contributed by atoms with Gasteiger partial charge in [0.2, 0.25) is 0 Å². The third kappa shape index (κ3) is 4.66. The fraction of sp³-hybridized carbons (Fsp3) is 0.364. The van der Waals surface area contributed by atoms with Crippen molar-refractivity contribution < 1.29 is 19.1 Å². The lowest BCUT2D eigenvalue weighted by atomic mass is 10.1. The molecule has 0 radical (unpaired) electrons. The summed E-state index contributed by atoms with van der Waals surface area (Å²) in [6.45, 7) is 6.32. The molecule has 1 unspecified atom stereocenters. The SMILES string of the molecule is CC1Oc2cc(NC(=O)c3cccc(Br)c3)ccc2N(CCN2CCOCC2)C1=O. The van der Waals surface area contributed by atoms with Gasteiger partial charge in [-0.25, -0.2) is 0 Å². The number of ether oxygens (including phenoxy) is 2. The van der Waals surface area contributed by atoms with Crippen molar-refractivity contribution in [1.29, 1.82) is 0 Å². The number of nitrogens with zero attached hydrogens (tertiary/aromatic N) is 2. The molecule has 0 aromatic heterocycles. The Morgan fingerprint density at radius 2 is 1.97 bits per heavy atom. The van der Waals surface area contributed by atoms with Crippen LogP contribution in [0.3, 0.4) is 0 Å². The predicted molar refractivity (Wildman–Crippen MR) is 118 cm³/mol. The number of rotatable bonds is 5. The highest BCUT2D eigenvalue weighted by atomic mass is 79.9. The first-order valence-corrected chi connectivity index (χ1v) is 10.8. The summed E-state index contributed by atoms with van der Waals surface area (Å²) in [5.74, 6) is 0.332. The maximum atomic E-state index is 12.7.